The predicted octanol–water partition coefficient (Wildman–Crippen LogP) is 6.48. The molecule has 0 aliphatic carbocycles. The summed E-state index contributed by atoms with van der Waals surface area (Å²) in [5, 5.41) is 4.17. The van der Waals surface area contributed by atoms with Crippen molar-refractivity contribution in [3.63, 3.8) is 0 Å². The molecule has 0 spiro atoms. The number of hydrogen-bond acceptors (Lipinski definition) is 5. The minimum Gasteiger partial charge on any atom is -0.497 e. The van der Waals surface area contributed by atoms with Gasteiger partial charge in [0.25, 0.3) is 5.91 Å². The summed E-state index contributed by atoms with van der Waals surface area (Å²) < 4.78 is 5.59. The van der Waals surface area contributed by atoms with Crippen LogP contribution in [0.15, 0.2) is 91.0 Å². The van der Waals surface area contributed by atoms with Gasteiger partial charge in [-0.05, 0) is 54.4 Å². The van der Waals surface area contributed by atoms with E-state index in [1.165, 1.54) is 16.1 Å². The summed E-state index contributed by atoms with van der Waals surface area (Å²) in [6.07, 6.45) is 0.922. The lowest BCUT2D eigenvalue weighted by atomic mass is 9.96. The van der Waals surface area contributed by atoms with Gasteiger partial charge in [-0.2, -0.15) is 0 Å². The first kappa shape index (κ1) is 25.1. The van der Waals surface area contributed by atoms with Gasteiger partial charge in [-0.1, -0.05) is 55.5 Å². The molecule has 37 heavy (non-hydrogen) atoms. The maximum atomic E-state index is 13.2. The number of methoxy groups -OCH3 is 1. The minimum atomic E-state index is -0.0790. The number of hydrogen-bond donors (Lipinski definition) is 1. The van der Waals surface area contributed by atoms with Gasteiger partial charge in [0.15, 0.2) is 0 Å². The fraction of sp³-hybridized carbons (Fsp3) is 0.258. The summed E-state index contributed by atoms with van der Waals surface area (Å²) in [4.78, 5) is 19.4. The van der Waals surface area contributed by atoms with Crippen LogP contribution in [0, 0.1) is 0 Å². The molecule has 1 atom stereocenters. The number of amides is 1. The van der Waals surface area contributed by atoms with Crippen LogP contribution in [0.1, 0.15) is 39.3 Å². The molecule has 0 radical (unpaired) electrons. The van der Waals surface area contributed by atoms with Crippen LogP contribution in [-0.4, -0.2) is 44.1 Å². The molecule has 190 valence electrons. The smallest absolute Gasteiger partial charge is 0.256 e. The van der Waals surface area contributed by atoms with E-state index in [-0.39, 0.29) is 11.9 Å². The number of ether oxygens (including phenoxy) is 1. The van der Waals surface area contributed by atoms with Gasteiger partial charge in [0.05, 0.1) is 13.2 Å². The number of nitrogens with zero attached hydrogens (tertiary/aromatic N) is 2. The molecule has 1 saturated heterocycles. The van der Waals surface area contributed by atoms with E-state index < -0.39 is 0 Å². The number of benzene rings is 3. The SMILES string of the molecule is CCc1cc(C(c2cccc(OC)c2)N2CCN(c3ccccc3)CC2)c(NC(=O)c2ccccc2)s1. The number of thiophene rings is 1. The molecule has 3 aromatic carbocycles. The summed E-state index contributed by atoms with van der Waals surface area (Å²) in [6.45, 7) is 5.89. The van der Waals surface area contributed by atoms with E-state index in [0.29, 0.717) is 5.56 Å². The standard InChI is InChI=1S/C31H33N3O2S/c1-3-27-22-28(31(37-27)32-30(35)23-11-6-4-7-12-23)29(24-13-10-16-26(21-24)36-2)34-19-17-33(18-20-34)25-14-8-5-9-15-25/h4-16,21-22,29H,3,17-20H2,1-2H3,(H,32,35). The lowest BCUT2D eigenvalue weighted by Crippen LogP contribution is -2.48. The Kier molecular flexibility index (Phi) is 7.87. The number of para-hydroxylation sites is 1. The molecular weight excluding hydrogens is 478 g/mol. The van der Waals surface area contributed by atoms with Crippen molar-refractivity contribution in [2.45, 2.75) is 19.4 Å². The zero-order valence-electron chi connectivity index (χ0n) is 21.4. The lowest BCUT2D eigenvalue weighted by molar-refractivity contribution is 0.102. The molecular formula is C31H33N3O2S. The quantitative estimate of drug-likeness (QED) is 0.294. The molecule has 1 amide bonds. The van der Waals surface area contributed by atoms with E-state index in [9.17, 15) is 4.79 Å². The van der Waals surface area contributed by atoms with Crippen LogP contribution in [0.5, 0.6) is 5.75 Å². The zero-order chi connectivity index (χ0) is 25.6. The van der Waals surface area contributed by atoms with Gasteiger partial charge in [-0.15, -0.1) is 11.3 Å². The average molecular weight is 512 g/mol. The van der Waals surface area contributed by atoms with Gasteiger partial charge in [0.2, 0.25) is 0 Å². The van der Waals surface area contributed by atoms with Crippen molar-refractivity contribution in [1.29, 1.82) is 0 Å². The topological polar surface area (TPSA) is 44.8 Å². The van der Waals surface area contributed by atoms with Gasteiger partial charge in [-0.3, -0.25) is 9.69 Å². The molecule has 1 fully saturated rings. The molecule has 1 aliphatic heterocycles. The number of anilines is 2. The Bertz CT molecular complexity index is 1310. The first-order valence-corrected chi connectivity index (χ1v) is 13.6. The highest BCUT2D eigenvalue weighted by Gasteiger charge is 2.30. The Balaban J connectivity index is 1.49. The van der Waals surface area contributed by atoms with Crippen LogP contribution >= 0.6 is 11.3 Å². The molecule has 1 N–H and O–H groups in total. The minimum absolute atomic E-state index is 0.00986. The van der Waals surface area contributed by atoms with Gasteiger partial charge >= 0.3 is 0 Å². The van der Waals surface area contributed by atoms with Crippen molar-refractivity contribution < 1.29 is 9.53 Å². The molecule has 2 heterocycles. The second-order valence-electron chi connectivity index (χ2n) is 9.21. The number of aryl methyl sites for hydroxylation is 1. The summed E-state index contributed by atoms with van der Waals surface area (Å²) >= 11 is 1.68. The fourth-order valence-electron chi connectivity index (χ4n) is 4.97. The zero-order valence-corrected chi connectivity index (χ0v) is 22.2. The van der Waals surface area contributed by atoms with E-state index in [1.807, 2.05) is 36.4 Å². The maximum Gasteiger partial charge on any atom is 0.256 e. The van der Waals surface area contributed by atoms with E-state index in [1.54, 1.807) is 18.4 Å². The van der Waals surface area contributed by atoms with Crippen LogP contribution in [0.4, 0.5) is 10.7 Å². The third-order valence-corrected chi connectivity index (χ3v) is 8.14. The molecule has 6 heteroatoms. The third kappa shape index (κ3) is 5.71. The van der Waals surface area contributed by atoms with Crippen molar-refractivity contribution in [2.75, 3.05) is 43.5 Å². The maximum absolute atomic E-state index is 13.2. The second-order valence-corrected chi connectivity index (χ2v) is 10.3. The monoisotopic (exact) mass is 511 g/mol. The van der Waals surface area contributed by atoms with E-state index in [4.69, 9.17) is 4.74 Å². The van der Waals surface area contributed by atoms with E-state index in [0.717, 1.165) is 48.9 Å². The second kappa shape index (κ2) is 11.6. The number of carbonyl (C=O) groups excluding carboxylic acids is 1. The highest BCUT2D eigenvalue weighted by molar-refractivity contribution is 7.16. The lowest BCUT2D eigenvalue weighted by Gasteiger charge is -2.40. The molecule has 1 aliphatic rings. The number of carbonyl (C=O) groups is 1. The molecule has 0 saturated carbocycles. The Labute approximate surface area is 223 Å². The van der Waals surface area contributed by atoms with Crippen molar-refractivity contribution in [3.8, 4) is 5.75 Å². The molecule has 1 unspecified atom stereocenters. The Morgan fingerprint density at radius 3 is 2.30 bits per heavy atom. The van der Waals surface area contributed by atoms with Crippen molar-refractivity contribution in [2.24, 2.45) is 0 Å². The Hall–Kier alpha value is -3.61. The van der Waals surface area contributed by atoms with Crippen LogP contribution in [0.2, 0.25) is 0 Å². The van der Waals surface area contributed by atoms with Gasteiger partial charge in [0, 0.05) is 47.9 Å². The Morgan fingerprint density at radius 1 is 0.919 bits per heavy atom. The molecule has 5 nitrogen and oxygen atoms in total. The van der Waals surface area contributed by atoms with E-state index in [2.05, 4.69) is 76.6 Å². The van der Waals surface area contributed by atoms with Crippen LogP contribution < -0.4 is 15.0 Å². The Morgan fingerprint density at radius 2 is 1.62 bits per heavy atom. The number of nitrogens with one attached hydrogen (secondary N) is 1. The van der Waals surface area contributed by atoms with Crippen molar-refractivity contribution in [1.82, 2.24) is 4.90 Å². The summed E-state index contributed by atoms with van der Waals surface area (Å²) in [5.41, 5.74) is 4.24. The third-order valence-electron chi connectivity index (χ3n) is 6.93. The van der Waals surface area contributed by atoms with Gasteiger partial charge in [-0.25, -0.2) is 0 Å². The summed E-state index contributed by atoms with van der Waals surface area (Å²) in [6, 6.07) is 30.7. The van der Waals surface area contributed by atoms with Crippen LogP contribution in [0.3, 0.4) is 0 Å². The highest BCUT2D eigenvalue weighted by Crippen LogP contribution is 2.41. The highest BCUT2D eigenvalue weighted by atomic mass is 32.1. The summed E-state index contributed by atoms with van der Waals surface area (Å²) in [5.74, 6) is 0.760. The predicted molar refractivity (Wildman–Crippen MR) is 153 cm³/mol. The van der Waals surface area contributed by atoms with Crippen LogP contribution in [0.25, 0.3) is 0 Å². The fourth-order valence-corrected chi connectivity index (χ4v) is 6.00. The first-order chi connectivity index (χ1) is 18.2. The van der Waals surface area contributed by atoms with Crippen molar-refractivity contribution in [3.05, 3.63) is 113 Å². The molecule has 5 rings (SSSR count). The first-order valence-electron chi connectivity index (χ1n) is 12.8. The number of rotatable bonds is 8. The number of piperazine rings is 1. The van der Waals surface area contributed by atoms with Crippen molar-refractivity contribution >= 4 is 27.9 Å². The van der Waals surface area contributed by atoms with Crippen LogP contribution in [-0.2, 0) is 6.42 Å². The largest absolute Gasteiger partial charge is 0.497 e. The van der Waals surface area contributed by atoms with Gasteiger partial charge < -0.3 is 15.0 Å². The molecule has 1 aromatic heterocycles. The molecule has 0 bridgehead atoms. The normalized spacial score (nSPS) is 14.8. The molecule has 4 aromatic rings. The van der Waals surface area contributed by atoms with Gasteiger partial charge in [0.1, 0.15) is 10.8 Å². The summed E-state index contributed by atoms with van der Waals surface area (Å²) in [7, 11) is 1.71. The van der Waals surface area contributed by atoms with E-state index >= 15 is 0 Å². The average Bonchev–Trinajstić information content (AvgIpc) is 3.36.